The van der Waals surface area contributed by atoms with Gasteiger partial charge in [-0.05, 0) is 41.5 Å². The summed E-state index contributed by atoms with van der Waals surface area (Å²) in [6.45, 7) is 0.430. The van der Waals surface area contributed by atoms with E-state index in [0.717, 1.165) is 27.9 Å². The van der Waals surface area contributed by atoms with Gasteiger partial charge in [-0.2, -0.15) is 0 Å². The van der Waals surface area contributed by atoms with Crippen molar-refractivity contribution in [2.75, 3.05) is 0 Å². The van der Waals surface area contributed by atoms with Crippen LogP contribution in [0.2, 0.25) is 5.02 Å². The zero-order valence-corrected chi connectivity index (χ0v) is 12.6. The lowest BCUT2D eigenvalue weighted by Crippen LogP contribution is -1.99. The minimum absolute atomic E-state index is 0.236. The van der Waals surface area contributed by atoms with E-state index in [1.165, 1.54) is 0 Å². The van der Waals surface area contributed by atoms with Gasteiger partial charge in [0.2, 0.25) is 0 Å². The molecule has 0 bridgehead atoms. The fourth-order valence-corrected chi connectivity index (χ4v) is 2.44. The van der Waals surface area contributed by atoms with Gasteiger partial charge in [-0.15, -0.1) is 0 Å². The highest BCUT2D eigenvalue weighted by Crippen LogP contribution is 2.32. The fraction of sp³-hybridized carbons (Fsp3) is 0.0556. The van der Waals surface area contributed by atoms with Crippen LogP contribution in [0.1, 0.15) is 5.56 Å². The molecule has 0 saturated carbocycles. The molecule has 0 atom stereocenters. The van der Waals surface area contributed by atoms with E-state index < -0.39 is 0 Å². The lowest BCUT2D eigenvalue weighted by Gasteiger charge is -2.11. The molecule has 110 valence electrons. The van der Waals surface area contributed by atoms with Gasteiger partial charge in [0.1, 0.15) is 5.75 Å². The normalized spacial score (nSPS) is 10.6. The molecule has 0 aliphatic rings. The predicted molar refractivity (Wildman–Crippen MR) is 89.7 cm³/mol. The molecule has 2 aromatic carbocycles. The van der Waals surface area contributed by atoms with Gasteiger partial charge in [-0.3, -0.25) is 4.98 Å². The van der Waals surface area contributed by atoms with Crippen molar-refractivity contribution in [1.29, 1.82) is 0 Å². The first-order valence-electron chi connectivity index (χ1n) is 6.91. The van der Waals surface area contributed by atoms with E-state index >= 15 is 0 Å². The Hall–Kier alpha value is -2.36. The number of benzene rings is 2. The van der Waals surface area contributed by atoms with Gasteiger partial charge in [-0.1, -0.05) is 35.9 Å². The number of hydrogen-bond donors (Lipinski definition) is 2. The number of halogens is 1. The molecule has 22 heavy (non-hydrogen) atoms. The van der Waals surface area contributed by atoms with Crippen LogP contribution in [0.15, 0.2) is 60.8 Å². The summed E-state index contributed by atoms with van der Waals surface area (Å²) in [5.41, 5.74) is 10.5. The number of phenols is 1. The largest absolute Gasteiger partial charge is 0.508 e. The van der Waals surface area contributed by atoms with Crippen LogP contribution in [-0.2, 0) is 6.54 Å². The first-order valence-corrected chi connectivity index (χ1v) is 7.29. The molecular formula is C18H15ClN2O. The molecule has 0 amide bonds. The van der Waals surface area contributed by atoms with Crippen molar-refractivity contribution in [3.05, 3.63) is 71.4 Å². The number of nitrogens with zero attached hydrogens (tertiary/aromatic N) is 1. The molecule has 3 N–H and O–H groups in total. The molecule has 0 spiro atoms. The number of aromatic hydroxyl groups is 1. The topological polar surface area (TPSA) is 59.1 Å². The van der Waals surface area contributed by atoms with Crippen molar-refractivity contribution in [1.82, 2.24) is 4.98 Å². The zero-order chi connectivity index (χ0) is 15.5. The van der Waals surface area contributed by atoms with E-state index in [-0.39, 0.29) is 5.75 Å². The monoisotopic (exact) mass is 310 g/mol. The van der Waals surface area contributed by atoms with Crippen LogP contribution in [0.5, 0.6) is 5.75 Å². The molecule has 0 fully saturated rings. The van der Waals surface area contributed by atoms with Crippen LogP contribution < -0.4 is 5.73 Å². The highest BCUT2D eigenvalue weighted by Gasteiger charge is 2.10. The summed E-state index contributed by atoms with van der Waals surface area (Å²) in [6, 6.07) is 16.7. The summed E-state index contributed by atoms with van der Waals surface area (Å²) < 4.78 is 0. The maximum absolute atomic E-state index is 9.47. The van der Waals surface area contributed by atoms with Crippen LogP contribution >= 0.6 is 11.6 Å². The second-order valence-electron chi connectivity index (χ2n) is 5.00. The highest BCUT2D eigenvalue weighted by molar-refractivity contribution is 6.30. The summed E-state index contributed by atoms with van der Waals surface area (Å²) in [7, 11) is 0. The van der Waals surface area contributed by atoms with Gasteiger partial charge in [0.05, 0.1) is 5.69 Å². The van der Waals surface area contributed by atoms with Crippen LogP contribution in [0.25, 0.3) is 22.4 Å². The molecule has 3 nitrogen and oxygen atoms in total. The number of aromatic nitrogens is 1. The second-order valence-corrected chi connectivity index (χ2v) is 5.43. The Morgan fingerprint density at radius 3 is 2.23 bits per heavy atom. The smallest absolute Gasteiger partial charge is 0.115 e. The van der Waals surface area contributed by atoms with Crippen LogP contribution in [0.3, 0.4) is 0 Å². The van der Waals surface area contributed by atoms with Crippen molar-refractivity contribution in [2.45, 2.75) is 6.54 Å². The maximum Gasteiger partial charge on any atom is 0.115 e. The number of pyridine rings is 1. The van der Waals surface area contributed by atoms with E-state index in [1.807, 2.05) is 42.5 Å². The Labute approximate surface area is 134 Å². The maximum atomic E-state index is 9.47. The Bertz CT molecular complexity index is 783. The molecular weight excluding hydrogens is 296 g/mol. The summed E-state index contributed by atoms with van der Waals surface area (Å²) in [6.07, 6.45) is 1.79. The van der Waals surface area contributed by atoms with Crippen LogP contribution in [0, 0.1) is 0 Å². The number of phenolic OH excluding ortho intramolecular Hbond substituents is 1. The molecule has 3 rings (SSSR count). The zero-order valence-electron chi connectivity index (χ0n) is 11.8. The molecule has 3 aromatic rings. The Morgan fingerprint density at radius 1 is 0.955 bits per heavy atom. The van der Waals surface area contributed by atoms with Gasteiger partial charge >= 0.3 is 0 Å². The quantitative estimate of drug-likeness (QED) is 0.761. The fourth-order valence-electron chi connectivity index (χ4n) is 2.32. The van der Waals surface area contributed by atoms with Gasteiger partial charge < -0.3 is 10.8 Å². The van der Waals surface area contributed by atoms with E-state index in [9.17, 15) is 5.11 Å². The number of nitrogens with two attached hydrogens (primary N) is 1. The molecule has 1 aromatic heterocycles. The lowest BCUT2D eigenvalue weighted by atomic mass is 9.98. The van der Waals surface area contributed by atoms with Gasteiger partial charge in [0.25, 0.3) is 0 Å². The molecule has 0 radical (unpaired) electrons. The number of rotatable bonds is 3. The van der Waals surface area contributed by atoms with Crippen molar-refractivity contribution in [2.24, 2.45) is 5.73 Å². The SMILES string of the molecule is NCc1cnc(-c2ccc(Cl)cc2)c(-c2ccc(O)cc2)c1. The third kappa shape index (κ3) is 2.96. The van der Waals surface area contributed by atoms with Crippen LogP contribution in [0.4, 0.5) is 0 Å². The Kier molecular flexibility index (Phi) is 4.09. The van der Waals surface area contributed by atoms with Gasteiger partial charge in [0.15, 0.2) is 0 Å². The minimum Gasteiger partial charge on any atom is -0.508 e. The summed E-state index contributed by atoms with van der Waals surface area (Å²) in [5, 5.41) is 10.2. The van der Waals surface area contributed by atoms with Crippen molar-refractivity contribution < 1.29 is 5.11 Å². The van der Waals surface area contributed by atoms with Crippen LogP contribution in [-0.4, -0.2) is 10.1 Å². The van der Waals surface area contributed by atoms with E-state index in [0.29, 0.717) is 11.6 Å². The first-order chi connectivity index (χ1) is 10.7. The predicted octanol–water partition coefficient (Wildman–Crippen LogP) is 4.23. The second kappa shape index (κ2) is 6.18. The molecule has 1 heterocycles. The average molecular weight is 311 g/mol. The first kappa shape index (κ1) is 14.6. The van der Waals surface area contributed by atoms with Crippen molar-refractivity contribution in [3.63, 3.8) is 0 Å². The Morgan fingerprint density at radius 2 is 1.59 bits per heavy atom. The third-order valence-electron chi connectivity index (χ3n) is 3.48. The standard InChI is InChI=1S/C18H15ClN2O/c19-15-5-1-14(2-6-15)18-17(9-12(10-20)11-21-18)13-3-7-16(22)8-4-13/h1-9,11,22H,10,20H2. The van der Waals surface area contributed by atoms with Crippen molar-refractivity contribution in [3.8, 4) is 28.1 Å². The minimum atomic E-state index is 0.236. The molecule has 0 aliphatic carbocycles. The lowest BCUT2D eigenvalue weighted by molar-refractivity contribution is 0.475. The average Bonchev–Trinajstić information content (AvgIpc) is 2.56. The summed E-state index contributed by atoms with van der Waals surface area (Å²) >= 11 is 5.96. The third-order valence-corrected chi connectivity index (χ3v) is 3.73. The summed E-state index contributed by atoms with van der Waals surface area (Å²) in [5.74, 6) is 0.236. The van der Waals surface area contributed by atoms with E-state index in [2.05, 4.69) is 4.98 Å². The van der Waals surface area contributed by atoms with Gasteiger partial charge in [-0.25, -0.2) is 0 Å². The summed E-state index contributed by atoms with van der Waals surface area (Å²) in [4.78, 5) is 4.56. The molecule has 0 aliphatic heterocycles. The molecule has 0 unspecified atom stereocenters. The van der Waals surface area contributed by atoms with Crippen molar-refractivity contribution >= 4 is 11.6 Å². The Balaban J connectivity index is 2.17. The molecule has 0 saturated heterocycles. The highest BCUT2D eigenvalue weighted by atomic mass is 35.5. The number of hydrogen-bond acceptors (Lipinski definition) is 3. The van der Waals surface area contributed by atoms with Gasteiger partial charge in [0, 0.05) is 28.9 Å². The molecule has 4 heteroatoms. The van der Waals surface area contributed by atoms with E-state index in [1.54, 1.807) is 18.3 Å². The van der Waals surface area contributed by atoms with E-state index in [4.69, 9.17) is 17.3 Å².